The van der Waals surface area contributed by atoms with E-state index in [0.29, 0.717) is 13.0 Å². The first-order chi connectivity index (χ1) is 8.37. The van der Waals surface area contributed by atoms with Gasteiger partial charge in [0, 0.05) is 11.1 Å². The molecule has 1 unspecified atom stereocenters. The number of primary amides is 1. The molecule has 0 heterocycles. The van der Waals surface area contributed by atoms with Crippen molar-refractivity contribution < 1.29 is 4.79 Å². The summed E-state index contributed by atoms with van der Waals surface area (Å²) in [6.07, 6.45) is 0.705. The standard InChI is InChI=1S/C13H20N4O/c1-4-8-17(12(14)15,13(16)18)11-9(2)6-5-7-10(11)3/h5-7H,4,8H2,1-3H3,(H4-,14,15,16,18)/p+1. The molecular weight excluding hydrogens is 228 g/mol. The highest BCUT2D eigenvalue weighted by molar-refractivity contribution is 6.08. The van der Waals surface area contributed by atoms with Gasteiger partial charge in [-0.25, -0.2) is 10.2 Å². The van der Waals surface area contributed by atoms with Crippen molar-refractivity contribution in [2.75, 3.05) is 6.54 Å². The zero-order valence-corrected chi connectivity index (χ0v) is 11.2. The predicted molar refractivity (Wildman–Crippen MR) is 74.4 cm³/mol. The van der Waals surface area contributed by atoms with E-state index in [1.807, 2.05) is 39.0 Å². The van der Waals surface area contributed by atoms with Crippen LogP contribution in [0, 0.1) is 19.3 Å². The van der Waals surface area contributed by atoms with Gasteiger partial charge in [-0.05, 0) is 20.3 Å². The summed E-state index contributed by atoms with van der Waals surface area (Å²) in [6, 6.07) is 5.10. The molecule has 0 spiro atoms. The van der Waals surface area contributed by atoms with Gasteiger partial charge in [0.25, 0.3) is 0 Å². The molecule has 5 N–H and O–H groups in total. The number of nitrogens with zero attached hydrogens (tertiary/aromatic N) is 1. The van der Waals surface area contributed by atoms with Crippen LogP contribution in [0.5, 0.6) is 0 Å². The smallest absolute Gasteiger partial charge is 0.337 e. The molecule has 5 nitrogen and oxygen atoms in total. The lowest BCUT2D eigenvalue weighted by Crippen LogP contribution is -2.64. The third kappa shape index (κ3) is 2.09. The Morgan fingerprint density at radius 1 is 1.28 bits per heavy atom. The van der Waals surface area contributed by atoms with Crippen molar-refractivity contribution in [2.24, 2.45) is 11.5 Å². The van der Waals surface area contributed by atoms with Gasteiger partial charge in [0.15, 0.2) is 5.69 Å². The van der Waals surface area contributed by atoms with Crippen LogP contribution in [-0.2, 0) is 0 Å². The normalized spacial score (nSPS) is 13.9. The average molecular weight is 249 g/mol. The molecule has 0 saturated carbocycles. The molecule has 1 atom stereocenters. The number of carbonyl (C=O) groups is 1. The summed E-state index contributed by atoms with van der Waals surface area (Å²) >= 11 is 0. The fourth-order valence-corrected chi connectivity index (χ4v) is 2.43. The summed E-state index contributed by atoms with van der Waals surface area (Å²) < 4.78 is -0.394. The van der Waals surface area contributed by atoms with Crippen LogP contribution < -0.4 is 16.0 Å². The highest BCUT2D eigenvalue weighted by atomic mass is 16.2. The highest BCUT2D eigenvalue weighted by Gasteiger charge is 2.43. The molecule has 0 aliphatic rings. The van der Waals surface area contributed by atoms with E-state index < -0.39 is 10.5 Å². The minimum atomic E-state index is -0.609. The maximum absolute atomic E-state index is 11.9. The maximum Gasteiger partial charge on any atom is 0.426 e. The molecule has 1 aromatic rings. The Balaban J connectivity index is 3.62. The van der Waals surface area contributed by atoms with Crippen LogP contribution >= 0.6 is 0 Å². The van der Waals surface area contributed by atoms with Gasteiger partial charge in [0.2, 0.25) is 0 Å². The van der Waals surface area contributed by atoms with Crippen molar-refractivity contribution in [3.05, 3.63) is 29.3 Å². The van der Waals surface area contributed by atoms with Crippen LogP contribution in [0.4, 0.5) is 10.5 Å². The van der Waals surface area contributed by atoms with E-state index in [4.69, 9.17) is 16.9 Å². The van der Waals surface area contributed by atoms with Crippen molar-refractivity contribution in [1.29, 1.82) is 5.41 Å². The van der Waals surface area contributed by atoms with Gasteiger partial charge in [-0.3, -0.25) is 0 Å². The number of nitrogens with two attached hydrogens (primary N) is 2. The lowest BCUT2D eigenvalue weighted by molar-refractivity contribution is 0.229. The number of amides is 2. The lowest BCUT2D eigenvalue weighted by Gasteiger charge is -2.32. The number of carbonyl (C=O) groups excluding carboxylic acids is 1. The first-order valence-corrected chi connectivity index (χ1v) is 5.97. The highest BCUT2D eigenvalue weighted by Crippen LogP contribution is 2.31. The van der Waals surface area contributed by atoms with E-state index in [-0.39, 0.29) is 5.96 Å². The number of rotatable bonds is 3. The molecule has 1 rings (SSSR count). The minimum Gasteiger partial charge on any atom is -0.337 e. The predicted octanol–water partition coefficient (Wildman–Crippen LogP) is 1.99. The fraction of sp³-hybridized carbons (Fsp3) is 0.385. The van der Waals surface area contributed by atoms with Crippen LogP contribution in [0.25, 0.3) is 0 Å². The number of guanidine groups is 1. The van der Waals surface area contributed by atoms with E-state index in [1.54, 1.807) is 0 Å². The number of benzene rings is 1. The Morgan fingerprint density at radius 3 is 2.11 bits per heavy atom. The lowest BCUT2D eigenvalue weighted by atomic mass is 10.1. The molecule has 0 radical (unpaired) electrons. The summed E-state index contributed by atoms with van der Waals surface area (Å²) in [5.41, 5.74) is 13.8. The van der Waals surface area contributed by atoms with E-state index in [1.165, 1.54) is 0 Å². The second-order valence-electron chi connectivity index (χ2n) is 4.50. The molecule has 0 bridgehead atoms. The summed E-state index contributed by atoms with van der Waals surface area (Å²) in [5.74, 6) is -0.234. The third-order valence-corrected chi connectivity index (χ3v) is 3.17. The molecule has 0 aliphatic heterocycles. The minimum absolute atomic E-state index is 0.234. The number of nitrogens with one attached hydrogen (secondary N) is 1. The number of hydrogen-bond donors (Lipinski definition) is 3. The summed E-state index contributed by atoms with van der Waals surface area (Å²) in [7, 11) is 0. The van der Waals surface area contributed by atoms with Crippen LogP contribution in [0.15, 0.2) is 18.2 Å². The zero-order valence-electron chi connectivity index (χ0n) is 11.2. The molecule has 0 fully saturated rings. The van der Waals surface area contributed by atoms with Crippen LogP contribution in [0.2, 0.25) is 0 Å². The maximum atomic E-state index is 11.9. The van der Waals surface area contributed by atoms with Gasteiger partial charge >= 0.3 is 12.0 Å². The van der Waals surface area contributed by atoms with Crippen molar-refractivity contribution in [3.63, 3.8) is 0 Å². The van der Waals surface area contributed by atoms with Gasteiger partial charge in [-0.15, -0.1) is 4.48 Å². The number of para-hydroxylation sites is 1. The van der Waals surface area contributed by atoms with Crippen molar-refractivity contribution in [2.45, 2.75) is 27.2 Å². The van der Waals surface area contributed by atoms with Crippen molar-refractivity contribution in [1.82, 2.24) is 4.48 Å². The van der Waals surface area contributed by atoms with E-state index in [9.17, 15) is 4.79 Å². The quantitative estimate of drug-likeness (QED) is 0.434. The molecule has 1 aromatic carbocycles. The topological polar surface area (TPSA) is 93.0 Å². The molecule has 18 heavy (non-hydrogen) atoms. The van der Waals surface area contributed by atoms with Gasteiger partial charge in [0.05, 0.1) is 6.54 Å². The molecule has 0 aromatic heterocycles. The summed E-state index contributed by atoms with van der Waals surface area (Å²) in [6.45, 7) is 6.14. The SMILES string of the molecule is CCC[N+](C(=N)N)(C(N)=O)c1c(C)cccc1C. The van der Waals surface area contributed by atoms with Gasteiger partial charge in [-0.2, -0.15) is 0 Å². The number of quaternary nitrogens is 1. The Kier molecular flexibility index (Phi) is 4.08. The Hall–Kier alpha value is -1.88. The Morgan fingerprint density at radius 2 is 1.78 bits per heavy atom. The molecule has 2 amide bonds. The number of aryl methyl sites for hydroxylation is 2. The fourth-order valence-electron chi connectivity index (χ4n) is 2.43. The molecular formula is C13H21N4O+. The van der Waals surface area contributed by atoms with E-state index >= 15 is 0 Å². The van der Waals surface area contributed by atoms with Gasteiger partial charge < -0.3 is 11.5 Å². The van der Waals surface area contributed by atoms with Crippen LogP contribution in [0.3, 0.4) is 0 Å². The second-order valence-corrected chi connectivity index (χ2v) is 4.50. The number of urea groups is 1. The molecule has 5 heteroatoms. The van der Waals surface area contributed by atoms with Gasteiger partial charge in [0.1, 0.15) is 0 Å². The average Bonchev–Trinajstić information content (AvgIpc) is 2.26. The van der Waals surface area contributed by atoms with Crippen molar-refractivity contribution in [3.8, 4) is 0 Å². The number of hydrogen-bond acceptors (Lipinski definition) is 2. The van der Waals surface area contributed by atoms with E-state index in [2.05, 4.69) is 0 Å². The first kappa shape index (κ1) is 14.2. The second kappa shape index (κ2) is 5.18. The monoisotopic (exact) mass is 249 g/mol. The molecule has 0 saturated heterocycles. The third-order valence-electron chi connectivity index (χ3n) is 3.17. The van der Waals surface area contributed by atoms with Gasteiger partial charge in [-0.1, -0.05) is 25.1 Å². The zero-order chi connectivity index (χ0) is 13.9. The van der Waals surface area contributed by atoms with Crippen molar-refractivity contribution >= 4 is 17.7 Å². The van der Waals surface area contributed by atoms with Crippen LogP contribution in [-0.4, -0.2) is 18.5 Å². The summed E-state index contributed by atoms with van der Waals surface area (Å²) in [4.78, 5) is 11.9. The molecule has 98 valence electrons. The molecule has 0 aliphatic carbocycles. The summed E-state index contributed by atoms with van der Waals surface area (Å²) in [5, 5.41) is 7.81. The largest absolute Gasteiger partial charge is 0.426 e. The first-order valence-electron chi connectivity index (χ1n) is 5.97. The van der Waals surface area contributed by atoms with E-state index in [0.717, 1.165) is 16.8 Å². The Labute approximate surface area is 107 Å². The van der Waals surface area contributed by atoms with Crippen LogP contribution in [0.1, 0.15) is 24.5 Å². The Bertz CT molecular complexity index is 448.